The first-order valence-corrected chi connectivity index (χ1v) is 9.26. The van der Waals surface area contributed by atoms with Gasteiger partial charge in [-0.15, -0.1) is 0 Å². The van der Waals surface area contributed by atoms with Gasteiger partial charge in [0.2, 0.25) is 15.9 Å². The molecule has 1 aromatic carbocycles. The Kier molecular flexibility index (Phi) is 6.28. The van der Waals surface area contributed by atoms with Crippen LogP contribution in [-0.2, 0) is 21.4 Å². The van der Waals surface area contributed by atoms with Crippen LogP contribution in [0.15, 0.2) is 45.9 Å². The van der Waals surface area contributed by atoms with E-state index in [2.05, 4.69) is 4.72 Å². The number of hydrogen-bond donors (Lipinski definition) is 1. The van der Waals surface area contributed by atoms with Gasteiger partial charge in [-0.25, -0.2) is 13.1 Å². The Bertz CT molecular complexity index is 807. The lowest BCUT2D eigenvalue weighted by molar-refractivity contribution is -0.129. The van der Waals surface area contributed by atoms with Crippen LogP contribution in [0.25, 0.3) is 0 Å². The van der Waals surface area contributed by atoms with Crippen molar-refractivity contribution in [3.05, 3.63) is 52.4 Å². The van der Waals surface area contributed by atoms with Gasteiger partial charge in [0, 0.05) is 20.0 Å². The fourth-order valence-electron chi connectivity index (χ4n) is 1.98. The standard InChI is InChI=1S/C15H16Cl2N2O4S/c1-11(20)19(10-12-3-2-8-23-12)7-6-18-24(21,22)13-4-5-14(16)15(17)9-13/h2-5,8-9,18H,6-7,10H2,1H3. The van der Waals surface area contributed by atoms with Crippen LogP contribution in [0.5, 0.6) is 0 Å². The number of furan rings is 1. The van der Waals surface area contributed by atoms with Crippen molar-refractivity contribution in [2.45, 2.75) is 18.4 Å². The molecule has 9 heteroatoms. The molecule has 2 aromatic rings. The number of halogens is 2. The van der Waals surface area contributed by atoms with Gasteiger partial charge in [0.05, 0.1) is 27.7 Å². The van der Waals surface area contributed by atoms with E-state index in [9.17, 15) is 13.2 Å². The molecule has 0 saturated heterocycles. The van der Waals surface area contributed by atoms with E-state index in [1.54, 1.807) is 12.1 Å². The quantitative estimate of drug-likeness (QED) is 0.787. The summed E-state index contributed by atoms with van der Waals surface area (Å²) < 4.78 is 32.1. The molecule has 1 N–H and O–H groups in total. The van der Waals surface area contributed by atoms with Gasteiger partial charge in [-0.1, -0.05) is 23.2 Å². The van der Waals surface area contributed by atoms with E-state index in [0.29, 0.717) is 5.76 Å². The first-order valence-electron chi connectivity index (χ1n) is 7.02. The zero-order chi connectivity index (χ0) is 17.7. The molecule has 0 radical (unpaired) electrons. The molecular formula is C15H16Cl2N2O4S. The van der Waals surface area contributed by atoms with Crippen LogP contribution < -0.4 is 4.72 Å². The minimum Gasteiger partial charge on any atom is -0.467 e. The summed E-state index contributed by atoms with van der Waals surface area (Å²) >= 11 is 11.6. The summed E-state index contributed by atoms with van der Waals surface area (Å²) in [6.07, 6.45) is 1.51. The lowest BCUT2D eigenvalue weighted by atomic mass is 10.4. The molecule has 0 bridgehead atoms. The fourth-order valence-corrected chi connectivity index (χ4v) is 3.39. The second-order valence-corrected chi connectivity index (χ2v) is 7.57. The molecule has 0 saturated carbocycles. The van der Waals surface area contributed by atoms with Gasteiger partial charge >= 0.3 is 0 Å². The molecular weight excluding hydrogens is 375 g/mol. The van der Waals surface area contributed by atoms with Crippen LogP contribution >= 0.6 is 23.2 Å². The van der Waals surface area contributed by atoms with Crippen molar-refractivity contribution in [3.63, 3.8) is 0 Å². The number of amides is 1. The predicted molar refractivity (Wildman–Crippen MR) is 91.4 cm³/mol. The van der Waals surface area contributed by atoms with Crippen molar-refractivity contribution in [1.82, 2.24) is 9.62 Å². The van der Waals surface area contributed by atoms with E-state index in [1.807, 2.05) is 0 Å². The van der Waals surface area contributed by atoms with Gasteiger partial charge < -0.3 is 9.32 Å². The van der Waals surface area contributed by atoms with Gasteiger partial charge in [0.25, 0.3) is 0 Å². The molecule has 130 valence electrons. The molecule has 2 rings (SSSR count). The summed E-state index contributed by atoms with van der Waals surface area (Å²) in [5, 5.41) is 0.430. The number of nitrogens with one attached hydrogen (secondary N) is 1. The van der Waals surface area contributed by atoms with Gasteiger partial charge in [0.1, 0.15) is 5.76 Å². The topological polar surface area (TPSA) is 79.6 Å². The van der Waals surface area contributed by atoms with Gasteiger partial charge in [-0.3, -0.25) is 4.79 Å². The Morgan fingerprint density at radius 2 is 2.00 bits per heavy atom. The van der Waals surface area contributed by atoms with Crippen LogP contribution in [0.2, 0.25) is 10.0 Å². The summed E-state index contributed by atoms with van der Waals surface area (Å²) in [6, 6.07) is 7.52. The highest BCUT2D eigenvalue weighted by Crippen LogP contribution is 2.24. The Labute approximate surface area is 150 Å². The number of sulfonamides is 1. The zero-order valence-corrected chi connectivity index (χ0v) is 15.2. The first-order chi connectivity index (χ1) is 11.3. The van der Waals surface area contributed by atoms with Crippen molar-refractivity contribution in [2.24, 2.45) is 0 Å². The van der Waals surface area contributed by atoms with Crippen molar-refractivity contribution in [1.29, 1.82) is 0 Å². The molecule has 0 atom stereocenters. The highest BCUT2D eigenvalue weighted by atomic mass is 35.5. The monoisotopic (exact) mass is 390 g/mol. The Balaban J connectivity index is 1.97. The minimum atomic E-state index is -3.74. The second kappa shape index (κ2) is 8.02. The van der Waals surface area contributed by atoms with Gasteiger partial charge in [-0.05, 0) is 30.3 Å². The maximum atomic E-state index is 12.2. The normalized spacial score (nSPS) is 11.5. The van der Waals surface area contributed by atoms with E-state index in [0.717, 1.165) is 0 Å². The summed E-state index contributed by atoms with van der Waals surface area (Å²) in [4.78, 5) is 13.1. The summed E-state index contributed by atoms with van der Waals surface area (Å²) in [7, 11) is -3.74. The van der Waals surface area contributed by atoms with Crippen molar-refractivity contribution in [3.8, 4) is 0 Å². The maximum Gasteiger partial charge on any atom is 0.240 e. The number of hydrogen-bond acceptors (Lipinski definition) is 4. The number of carbonyl (C=O) groups is 1. The van der Waals surface area contributed by atoms with Crippen LogP contribution in [0.1, 0.15) is 12.7 Å². The smallest absolute Gasteiger partial charge is 0.240 e. The van der Waals surface area contributed by atoms with E-state index in [1.165, 1.54) is 36.3 Å². The second-order valence-electron chi connectivity index (χ2n) is 4.99. The molecule has 24 heavy (non-hydrogen) atoms. The zero-order valence-electron chi connectivity index (χ0n) is 12.8. The Morgan fingerprint density at radius 1 is 1.25 bits per heavy atom. The summed E-state index contributed by atoms with van der Waals surface area (Å²) in [5.41, 5.74) is 0. The van der Waals surface area contributed by atoms with Crippen molar-refractivity contribution >= 4 is 39.1 Å². The fraction of sp³-hybridized carbons (Fsp3) is 0.267. The molecule has 1 amide bonds. The molecule has 0 aliphatic heterocycles. The average Bonchev–Trinajstić information content (AvgIpc) is 3.01. The molecule has 0 aliphatic carbocycles. The van der Waals surface area contributed by atoms with E-state index < -0.39 is 10.0 Å². The lowest BCUT2D eigenvalue weighted by Gasteiger charge is -2.20. The van der Waals surface area contributed by atoms with Crippen molar-refractivity contribution < 1.29 is 17.6 Å². The largest absolute Gasteiger partial charge is 0.467 e. The third-order valence-corrected chi connectivity index (χ3v) is 5.45. The molecule has 6 nitrogen and oxygen atoms in total. The van der Waals surface area contributed by atoms with Gasteiger partial charge in [0.15, 0.2) is 0 Å². The average molecular weight is 391 g/mol. The summed E-state index contributed by atoms with van der Waals surface area (Å²) in [6.45, 7) is 1.95. The summed E-state index contributed by atoms with van der Waals surface area (Å²) in [5.74, 6) is 0.442. The highest BCUT2D eigenvalue weighted by Gasteiger charge is 2.17. The molecule has 1 aromatic heterocycles. The lowest BCUT2D eigenvalue weighted by Crippen LogP contribution is -2.37. The predicted octanol–water partition coefficient (Wildman–Crippen LogP) is 2.91. The highest BCUT2D eigenvalue weighted by molar-refractivity contribution is 7.89. The van der Waals surface area contributed by atoms with Crippen LogP contribution in [-0.4, -0.2) is 32.3 Å². The molecule has 1 heterocycles. The minimum absolute atomic E-state index is 0.0114. The molecule has 0 aliphatic rings. The van der Waals surface area contributed by atoms with Crippen LogP contribution in [0.3, 0.4) is 0 Å². The first kappa shape index (κ1) is 18.8. The number of nitrogens with zero attached hydrogens (tertiary/aromatic N) is 1. The SMILES string of the molecule is CC(=O)N(CCNS(=O)(=O)c1ccc(Cl)c(Cl)c1)Cc1ccco1. The number of carbonyl (C=O) groups excluding carboxylic acids is 1. The molecule has 0 fully saturated rings. The number of rotatable bonds is 7. The van der Waals surface area contributed by atoms with E-state index in [4.69, 9.17) is 27.6 Å². The van der Waals surface area contributed by atoms with E-state index >= 15 is 0 Å². The third kappa shape index (κ3) is 4.98. The number of benzene rings is 1. The Hall–Kier alpha value is -1.54. The molecule has 0 spiro atoms. The van der Waals surface area contributed by atoms with Crippen LogP contribution in [0, 0.1) is 0 Å². The van der Waals surface area contributed by atoms with Crippen molar-refractivity contribution in [2.75, 3.05) is 13.1 Å². The van der Waals surface area contributed by atoms with Crippen LogP contribution in [0.4, 0.5) is 0 Å². The van der Waals surface area contributed by atoms with E-state index in [-0.39, 0.29) is 40.5 Å². The Morgan fingerprint density at radius 3 is 2.58 bits per heavy atom. The van der Waals surface area contributed by atoms with Gasteiger partial charge in [-0.2, -0.15) is 0 Å². The third-order valence-electron chi connectivity index (χ3n) is 3.25. The maximum absolute atomic E-state index is 12.2. The molecule has 0 unspecified atom stereocenters.